The number of unbranched alkanes of at least 4 members (excludes halogenated alkanes) is 60. The molecular formula is C83H159NO5. The number of nitrogens with one attached hydrogen (secondary N) is 1. The van der Waals surface area contributed by atoms with Gasteiger partial charge in [-0.05, 0) is 83.5 Å². The van der Waals surface area contributed by atoms with Crippen molar-refractivity contribution in [3.05, 3.63) is 36.5 Å². The van der Waals surface area contributed by atoms with Crippen molar-refractivity contribution >= 4 is 11.9 Å². The summed E-state index contributed by atoms with van der Waals surface area (Å²) >= 11 is 0. The fourth-order valence-corrected chi connectivity index (χ4v) is 13.0. The number of hydrogen-bond acceptors (Lipinski definition) is 5. The number of ether oxygens (including phenoxy) is 1. The van der Waals surface area contributed by atoms with Crippen molar-refractivity contribution in [1.82, 2.24) is 5.32 Å². The van der Waals surface area contributed by atoms with E-state index in [9.17, 15) is 19.8 Å². The molecule has 526 valence electrons. The van der Waals surface area contributed by atoms with Gasteiger partial charge in [-0.2, -0.15) is 0 Å². The molecule has 89 heavy (non-hydrogen) atoms. The predicted octanol–water partition coefficient (Wildman–Crippen LogP) is 27.0. The number of amides is 1. The van der Waals surface area contributed by atoms with Crippen molar-refractivity contribution in [3.63, 3.8) is 0 Å². The lowest BCUT2D eigenvalue weighted by Gasteiger charge is -2.22. The molecule has 0 aromatic rings. The van der Waals surface area contributed by atoms with Crippen molar-refractivity contribution in [2.45, 2.75) is 469 Å². The molecule has 0 spiro atoms. The van der Waals surface area contributed by atoms with Crippen LogP contribution in [0.15, 0.2) is 36.5 Å². The van der Waals surface area contributed by atoms with E-state index in [1.807, 2.05) is 0 Å². The van der Waals surface area contributed by atoms with Gasteiger partial charge < -0.3 is 20.3 Å². The Morgan fingerprint density at radius 3 is 0.865 bits per heavy atom. The molecule has 0 saturated carbocycles. The Kier molecular flexibility index (Phi) is 76.8. The van der Waals surface area contributed by atoms with Gasteiger partial charge in [0.2, 0.25) is 5.91 Å². The standard InChI is InChI=1S/C83H159NO5/c1-3-5-7-9-11-13-15-17-19-21-41-44-47-51-55-59-63-67-71-75-81(86)80(79-85)84-82(87)76-72-68-64-60-56-52-48-45-42-39-37-35-33-31-29-27-25-23-22-24-26-28-30-32-34-36-38-40-43-46-50-54-58-62-66-70-74-78-89-83(88)77-73-69-65-61-57-53-49-20-18-16-14-12-10-8-6-4-2/h20,22,24,28,30,49,80-81,85-86H,3-19,21,23,25-27,29,31-48,50-79H2,1-2H3,(H,84,87)/b24-22-,30-28-,49-20-. The molecule has 0 bridgehead atoms. The van der Waals surface area contributed by atoms with Crippen LogP contribution in [0.3, 0.4) is 0 Å². The number of rotatable bonds is 77. The third kappa shape index (κ3) is 75.0. The van der Waals surface area contributed by atoms with E-state index < -0.39 is 12.1 Å². The van der Waals surface area contributed by atoms with Crippen LogP contribution in [-0.2, 0) is 14.3 Å². The molecule has 6 heteroatoms. The van der Waals surface area contributed by atoms with Crippen LogP contribution in [0.2, 0.25) is 0 Å². The number of carbonyl (C=O) groups excluding carboxylic acids is 2. The minimum Gasteiger partial charge on any atom is -0.466 e. The van der Waals surface area contributed by atoms with Crippen LogP contribution in [0, 0.1) is 0 Å². The van der Waals surface area contributed by atoms with Crippen molar-refractivity contribution in [2.75, 3.05) is 13.2 Å². The Balaban J connectivity index is 3.36. The minimum atomic E-state index is -0.663. The summed E-state index contributed by atoms with van der Waals surface area (Å²) in [7, 11) is 0. The lowest BCUT2D eigenvalue weighted by molar-refractivity contribution is -0.143. The molecule has 6 nitrogen and oxygen atoms in total. The van der Waals surface area contributed by atoms with Gasteiger partial charge >= 0.3 is 5.97 Å². The van der Waals surface area contributed by atoms with Crippen LogP contribution in [-0.4, -0.2) is 47.4 Å². The van der Waals surface area contributed by atoms with E-state index in [1.165, 1.54) is 372 Å². The van der Waals surface area contributed by atoms with E-state index in [0.29, 0.717) is 25.9 Å². The first-order valence-corrected chi connectivity index (χ1v) is 40.7. The molecule has 0 aliphatic rings. The molecule has 0 aromatic carbocycles. The highest BCUT2D eigenvalue weighted by Crippen LogP contribution is 2.20. The summed E-state index contributed by atoms with van der Waals surface area (Å²) in [6.07, 6.45) is 102. The maximum Gasteiger partial charge on any atom is 0.305 e. The monoisotopic (exact) mass is 1250 g/mol. The average Bonchev–Trinajstić information content (AvgIpc) is 3.64. The molecule has 0 rings (SSSR count). The molecule has 0 aromatic heterocycles. The first-order chi connectivity index (χ1) is 44.0. The molecule has 0 radical (unpaired) electrons. The van der Waals surface area contributed by atoms with E-state index in [1.54, 1.807) is 0 Å². The number of aliphatic hydroxyl groups excluding tert-OH is 2. The van der Waals surface area contributed by atoms with Gasteiger partial charge in [0.15, 0.2) is 0 Å². The van der Waals surface area contributed by atoms with Crippen molar-refractivity contribution in [1.29, 1.82) is 0 Å². The second kappa shape index (κ2) is 78.5. The second-order valence-corrected chi connectivity index (χ2v) is 28.1. The molecule has 3 N–H and O–H groups in total. The Hall–Kier alpha value is -1.92. The number of hydrogen-bond donors (Lipinski definition) is 3. The largest absolute Gasteiger partial charge is 0.466 e. The maximum atomic E-state index is 12.6. The van der Waals surface area contributed by atoms with Gasteiger partial charge in [0.1, 0.15) is 0 Å². The van der Waals surface area contributed by atoms with Gasteiger partial charge in [0, 0.05) is 12.8 Å². The van der Waals surface area contributed by atoms with Crippen LogP contribution in [0.1, 0.15) is 457 Å². The van der Waals surface area contributed by atoms with Crippen LogP contribution in [0.25, 0.3) is 0 Å². The normalized spacial score (nSPS) is 12.6. The molecule has 2 unspecified atom stereocenters. The summed E-state index contributed by atoms with van der Waals surface area (Å²) < 4.78 is 5.50. The van der Waals surface area contributed by atoms with E-state index in [-0.39, 0.29) is 18.5 Å². The van der Waals surface area contributed by atoms with E-state index in [2.05, 4.69) is 55.6 Å². The Bertz CT molecular complexity index is 1440. The van der Waals surface area contributed by atoms with E-state index >= 15 is 0 Å². The first-order valence-electron chi connectivity index (χ1n) is 40.7. The lowest BCUT2D eigenvalue weighted by Crippen LogP contribution is -2.45. The third-order valence-electron chi connectivity index (χ3n) is 19.2. The fraction of sp³-hybridized carbons (Fsp3) is 0.904. The molecule has 0 fully saturated rings. The van der Waals surface area contributed by atoms with Crippen molar-refractivity contribution in [2.24, 2.45) is 0 Å². The maximum absolute atomic E-state index is 12.6. The van der Waals surface area contributed by atoms with Gasteiger partial charge in [0.05, 0.1) is 25.4 Å². The molecule has 2 atom stereocenters. The quantitative estimate of drug-likeness (QED) is 0.0320. The zero-order valence-electron chi connectivity index (χ0n) is 60.4. The van der Waals surface area contributed by atoms with Gasteiger partial charge in [-0.15, -0.1) is 0 Å². The zero-order valence-corrected chi connectivity index (χ0v) is 60.4. The summed E-state index contributed by atoms with van der Waals surface area (Å²) in [5, 5.41) is 23.4. The van der Waals surface area contributed by atoms with Gasteiger partial charge in [0.25, 0.3) is 0 Å². The molecule has 0 aliphatic carbocycles. The Morgan fingerprint density at radius 1 is 0.315 bits per heavy atom. The van der Waals surface area contributed by atoms with Crippen LogP contribution in [0.5, 0.6) is 0 Å². The van der Waals surface area contributed by atoms with Crippen molar-refractivity contribution < 1.29 is 24.5 Å². The zero-order chi connectivity index (χ0) is 64.2. The van der Waals surface area contributed by atoms with Gasteiger partial charge in [-0.1, -0.05) is 397 Å². The highest BCUT2D eigenvalue weighted by molar-refractivity contribution is 5.76. The highest BCUT2D eigenvalue weighted by atomic mass is 16.5. The van der Waals surface area contributed by atoms with Crippen LogP contribution >= 0.6 is 0 Å². The number of esters is 1. The Morgan fingerprint density at radius 2 is 0.562 bits per heavy atom. The predicted molar refractivity (Wildman–Crippen MR) is 393 cm³/mol. The Labute approximate surface area is 557 Å². The molecular weight excluding hydrogens is 1090 g/mol. The fourth-order valence-electron chi connectivity index (χ4n) is 13.0. The van der Waals surface area contributed by atoms with Crippen LogP contribution < -0.4 is 5.32 Å². The van der Waals surface area contributed by atoms with Gasteiger partial charge in [-0.3, -0.25) is 9.59 Å². The summed E-state index contributed by atoms with van der Waals surface area (Å²) in [6.45, 7) is 4.99. The number of aliphatic hydroxyl groups is 2. The second-order valence-electron chi connectivity index (χ2n) is 28.1. The van der Waals surface area contributed by atoms with Crippen molar-refractivity contribution in [3.8, 4) is 0 Å². The average molecular weight is 1250 g/mol. The molecule has 0 heterocycles. The van der Waals surface area contributed by atoms with Crippen LogP contribution in [0.4, 0.5) is 0 Å². The first kappa shape index (κ1) is 87.1. The van der Waals surface area contributed by atoms with E-state index in [4.69, 9.17) is 4.74 Å². The lowest BCUT2D eigenvalue weighted by atomic mass is 10.0. The summed E-state index contributed by atoms with van der Waals surface area (Å²) in [5.41, 5.74) is 0. The molecule has 1 amide bonds. The number of carbonyl (C=O) groups is 2. The molecule has 0 saturated heterocycles. The molecule has 0 aliphatic heterocycles. The topological polar surface area (TPSA) is 95.9 Å². The summed E-state index contributed by atoms with van der Waals surface area (Å²) in [5.74, 6) is -0.0155. The van der Waals surface area contributed by atoms with Gasteiger partial charge in [-0.25, -0.2) is 0 Å². The minimum absolute atomic E-state index is 0.0121. The SMILES string of the molecule is CCCCCCCCC/C=C\CCCCCCCC(=O)OCCCCCCCCCCCCCCC/C=C\C/C=C\CCCCCCCCCCCCCCCCCCCC(=O)NC(CO)C(O)CCCCCCCCCCCCCCCCCCCCC. The smallest absolute Gasteiger partial charge is 0.305 e. The summed E-state index contributed by atoms with van der Waals surface area (Å²) in [6, 6.07) is -0.540. The summed E-state index contributed by atoms with van der Waals surface area (Å²) in [4.78, 5) is 24.6. The highest BCUT2D eigenvalue weighted by Gasteiger charge is 2.20. The number of allylic oxidation sites excluding steroid dienone is 6. The third-order valence-corrected chi connectivity index (χ3v) is 19.2. The van der Waals surface area contributed by atoms with E-state index in [0.717, 1.165) is 51.4 Å².